The average molecular weight is 338 g/mol. The highest BCUT2D eigenvalue weighted by molar-refractivity contribution is 5.91. The van der Waals surface area contributed by atoms with Gasteiger partial charge in [0.1, 0.15) is 29.7 Å². The molecule has 0 radical (unpaired) electrons. The first kappa shape index (κ1) is 15.9. The van der Waals surface area contributed by atoms with Gasteiger partial charge in [-0.2, -0.15) is 0 Å². The van der Waals surface area contributed by atoms with E-state index in [0.717, 1.165) is 49.6 Å². The highest BCUT2D eigenvalue weighted by Crippen LogP contribution is 2.39. The van der Waals surface area contributed by atoms with Crippen molar-refractivity contribution in [3.63, 3.8) is 0 Å². The van der Waals surface area contributed by atoms with E-state index in [4.69, 9.17) is 15.5 Å². The lowest BCUT2D eigenvalue weighted by Crippen LogP contribution is -2.35. The Hall–Kier alpha value is -2.63. The van der Waals surface area contributed by atoms with Crippen LogP contribution in [0.15, 0.2) is 36.4 Å². The van der Waals surface area contributed by atoms with Crippen LogP contribution in [0.1, 0.15) is 47.9 Å². The molecule has 1 saturated heterocycles. The SMILES string of the molecule is NC(=O)c1cc(N2CCC[C@H]2COc2ccccc2)nc(C2CC2)n1. The highest BCUT2D eigenvalue weighted by atomic mass is 16.5. The predicted molar refractivity (Wildman–Crippen MR) is 94.8 cm³/mol. The van der Waals surface area contributed by atoms with Crippen molar-refractivity contribution in [2.75, 3.05) is 18.1 Å². The molecule has 1 aliphatic carbocycles. The molecule has 1 aromatic carbocycles. The Bertz CT molecular complexity index is 761. The van der Waals surface area contributed by atoms with Gasteiger partial charge in [0.05, 0.1) is 6.04 Å². The Balaban J connectivity index is 1.54. The van der Waals surface area contributed by atoms with Gasteiger partial charge >= 0.3 is 0 Å². The van der Waals surface area contributed by atoms with Gasteiger partial charge in [0, 0.05) is 18.5 Å². The van der Waals surface area contributed by atoms with Crippen LogP contribution in [0.3, 0.4) is 0 Å². The van der Waals surface area contributed by atoms with Crippen molar-refractivity contribution in [3.05, 3.63) is 47.9 Å². The summed E-state index contributed by atoms with van der Waals surface area (Å²) in [5, 5.41) is 0. The summed E-state index contributed by atoms with van der Waals surface area (Å²) in [5.74, 6) is 2.29. The summed E-state index contributed by atoms with van der Waals surface area (Å²) in [4.78, 5) is 22.9. The fourth-order valence-corrected chi connectivity index (χ4v) is 3.27. The van der Waals surface area contributed by atoms with E-state index in [1.807, 2.05) is 30.3 Å². The van der Waals surface area contributed by atoms with Crippen LogP contribution in [0.2, 0.25) is 0 Å². The summed E-state index contributed by atoms with van der Waals surface area (Å²) in [7, 11) is 0. The number of aromatic nitrogens is 2. The molecule has 2 aromatic rings. The van der Waals surface area contributed by atoms with Gasteiger partial charge in [-0.15, -0.1) is 0 Å². The van der Waals surface area contributed by atoms with Crippen LogP contribution in [-0.4, -0.2) is 35.1 Å². The van der Waals surface area contributed by atoms with Crippen LogP contribution < -0.4 is 15.4 Å². The fourth-order valence-electron chi connectivity index (χ4n) is 3.27. The van der Waals surface area contributed by atoms with Gasteiger partial charge in [0.2, 0.25) is 0 Å². The first-order valence-corrected chi connectivity index (χ1v) is 8.84. The number of carbonyl (C=O) groups excluding carboxylic acids is 1. The summed E-state index contributed by atoms with van der Waals surface area (Å²) in [5.41, 5.74) is 5.77. The number of rotatable bonds is 6. The maximum Gasteiger partial charge on any atom is 0.267 e. The average Bonchev–Trinajstić information content (AvgIpc) is 3.38. The van der Waals surface area contributed by atoms with Crippen LogP contribution in [0.5, 0.6) is 5.75 Å². The van der Waals surface area contributed by atoms with Gasteiger partial charge in [0.15, 0.2) is 0 Å². The number of amides is 1. The molecule has 2 fully saturated rings. The van der Waals surface area contributed by atoms with Crippen molar-refractivity contribution in [2.24, 2.45) is 5.73 Å². The molecule has 130 valence electrons. The Kier molecular flexibility index (Phi) is 4.26. The molecule has 1 aromatic heterocycles. The fraction of sp³-hybridized carbons (Fsp3) is 0.421. The minimum Gasteiger partial charge on any atom is -0.491 e. The quantitative estimate of drug-likeness (QED) is 0.875. The van der Waals surface area contributed by atoms with Crippen LogP contribution in [0.25, 0.3) is 0 Å². The number of hydrogen-bond acceptors (Lipinski definition) is 5. The van der Waals surface area contributed by atoms with E-state index in [1.165, 1.54) is 0 Å². The van der Waals surface area contributed by atoms with E-state index in [2.05, 4.69) is 9.88 Å². The number of hydrogen-bond donors (Lipinski definition) is 1. The van der Waals surface area contributed by atoms with E-state index >= 15 is 0 Å². The third-order valence-electron chi connectivity index (χ3n) is 4.78. The Morgan fingerprint density at radius 2 is 2.00 bits per heavy atom. The number of benzene rings is 1. The Morgan fingerprint density at radius 1 is 1.20 bits per heavy atom. The zero-order valence-corrected chi connectivity index (χ0v) is 14.1. The zero-order chi connectivity index (χ0) is 17.2. The van der Waals surface area contributed by atoms with Gasteiger partial charge in [0.25, 0.3) is 5.91 Å². The highest BCUT2D eigenvalue weighted by Gasteiger charge is 2.31. The van der Waals surface area contributed by atoms with E-state index in [0.29, 0.717) is 18.2 Å². The summed E-state index contributed by atoms with van der Waals surface area (Å²) in [6.45, 7) is 1.50. The predicted octanol–water partition coefficient (Wildman–Crippen LogP) is 2.50. The van der Waals surface area contributed by atoms with Crippen LogP contribution in [0.4, 0.5) is 5.82 Å². The van der Waals surface area contributed by atoms with Crippen LogP contribution in [-0.2, 0) is 0 Å². The van der Waals surface area contributed by atoms with Gasteiger partial charge in [-0.3, -0.25) is 4.79 Å². The van der Waals surface area contributed by atoms with Gasteiger partial charge in [-0.05, 0) is 37.8 Å². The summed E-state index contributed by atoms with van der Waals surface area (Å²) in [6, 6.07) is 11.8. The molecule has 2 aliphatic rings. The lowest BCUT2D eigenvalue weighted by molar-refractivity contribution is 0.0995. The molecule has 25 heavy (non-hydrogen) atoms. The summed E-state index contributed by atoms with van der Waals surface area (Å²) < 4.78 is 5.93. The maximum atomic E-state index is 11.6. The van der Waals surface area contributed by atoms with E-state index in [9.17, 15) is 4.79 Å². The van der Waals surface area contributed by atoms with Gasteiger partial charge in [-0.25, -0.2) is 9.97 Å². The topological polar surface area (TPSA) is 81.3 Å². The van der Waals surface area contributed by atoms with Crippen molar-refractivity contribution in [1.29, 1.82) is 0 Å². The number of nitrogens with two attached hydrogens (primary N) is 1. The molecule has 4 rings (SSSR count). The van der Waals surface area contributed by atoms with Crippen LogP contribution >= 0.6 is 0 Å². The molecule has 1 aliphatic heterocycles. The molecule has 2 heterocycles. The first-order valence-electron chi connectivity index (χ1n) is 8.84. The second-order valence-corrected chi connectivity index (χ2v) is 6.72. The molecule has 1 saturated carbocycles. The number of para-hydroxylation sites is 1. The molecule has 0 bridgehead atoms. The molecule has 1 atom stereocenters. The molecule has 0 spiro atoms. The second kappa shape index (κ2) is 6.70. The summed E-state index contributed by atoms with van der Waals surface area (Å²) in [6.07, 6.45) is 4.30. The third-order valence-corrected chi connectivity index (χ3v) is 4.78. The molecular formula is C19H22N4O2. The molecule has 0 unspecified atom stereocenters. The number of nitrogens with zero attached hydrogens (tertiary/aromatic N) is 3. The molecule has 2 N–H and O–H groups in total. The largest absolute Gasteiger partial charge is 0.491 e. The number of ether oxygens (including phenoxy) is 1. The molecule has 6 heteroatoms. The van der Waals surface area contributed by atoms with E-state index in [1.54, 1.807) is 6.07 Å². The van der Waals surface area contributed by atoms with Crippen LogP contribution in [0, 0.1) is 0 Å². The lowest BCUT2D eigenvalue weighted by atomic mass is 10.2. The minimum atomic E-state index is -0.498. The standard InChI is InChI=1S/C19H22N4O2/c20-18(24)16-11-17(22-19(21-16)13-8-9-13)23-10-4-5-14(23)12-25-15-6-2-1-3-7-15/h1-3,6-7,11,13-14H,4-5,8-10,12H2,(H2,20,24)/t14-/m0/s1. The minimum absolute atomic E-state index is 0.239. The molecule has 1 amide bonds. The number of carbonyl (C=O) groups is 1. The van der Waals surface area contributed by atoms with Gasteiger partial charge in [-0.1, -0.05) is 18.2 Å². The first-order chi connectivity index (χ1) is 12.2. The van der Waals surface area contributed by atoms with Gasteiger partial charge < -0.3 is 15.4 Å². The monoisotopic (exact) mass is 338 g/mol. The summed E-state index contributed by atoms with van der Waals surface area (Å²) >= 11 is 0. The Morgan fingerprint density at radius 3 is 2.72 bits per heavy atom. The zero-order valence-electron chi connectivity index (χ0n) is 14.1. The lowest BCUT2D eigenvalue weighted by Gasteiger charge is -2.26. The molecule has 6 nitrogen and oxygen atoms in total. The normalized spacial score (nSPS) is 19.8. The maximum absolute atomic E-state index is 11.6. The van der Waals surface area contributed by atoms with E-state index in [-0.39, 0.29) is 6.04 Å². The van der Waals surface area contributed by atoms with E-state index < -0.39 is 5.91 Å². The molecular weight excluding hydrogens is 316 g/mol. The van der Waals surface area contributed by atoms with Crippen molar-refractivity contribution < 1.29 is 9.53 Å². The van der Waals surface area contributed by atoms with Crippen molar-refractivity contribution in [1.82, 2.24) is 9.97 Å². The van der Waals surface area contributed by atoms with Crippen molar-refractivity contribution in [2.45, 2.75) is 37.6 Å². The second-order valence-electron chi connectivity index (χ2n) is 6.72. The number of anilines is 1. The third kappa shape index (κ3) is 3.57. The Labute approximate surface area is 147 Å². The smallest absolute Gasteiger partial charge is 0.267 e. The van der Waals surface area contributed by atoms with Crippen molar-refractivity contribution >= 4 is 11.7 Å². The number of primary amides is 1. The van der Waals surface area contributed by atoms with Crippen molar-refractivity contribution in [3.8, 4) is 5.75 Å².